The zero-order valence-corrected chi connectivity index (χ0v) is 16.5. The highest BCUT2D eigenvalue weighted by molar-refractivity contribution is 5.70. The van der Waals surface area contributed by atoms with Gasteiger partial charge in [0.1, 0.15) is 5.75 Å². The third kappa shape index (κ3) is 4.70. The summed E-state index contributed by atoms with van der Waals surface area (Å²) in [6.45, 7) is 11.3. The van der Waals surface area contributed by atoms with Crippen LogP contribution in [0.4, 0.5) is 11.4 Å². The lowest BCUT2D eigenvalue weighted by molar-refractivity contribution is 0.114. The van der Waals surface area contributed by atoms with Crippen LogP contribution in [-0.4, -0.2) is 24.1 Å². The molecule has 4 N–H and O–H groups in total. The fourth-order valence-corrected chi connectivity index (χ4v) is 3.27. The van der Waals surface area contributed by atoms with Gasteiger partial charge in [0.2, 0.25) is 0 Å². The van der Waals surface area contributed by atoms with Crippen LogP contribution in [0.3, 0.4) is 0 Å². The van der Waals surface area contributed by atoms with Crippen LogP contribution >= 0.6 is 0 Å². The zero-order chi connectivity index (χ0) is 19.1. The summed E-state index contributed by atoms with van der Waals surface area (Å²) in [5.74, 6) is 1.08. The van der Waals surface area contributed by atoms with Gasteiger partial charge in [-0.25, -0.2) is 0 Å². The predicted octanol–water partition coefficient (Wildman–Crippen LogP) is 4.34. The Kier molecular flexibility index (Phi) is 7.34. The summed E-state index contributed by atoms with van der Waals surface area (Å²) in [6, 6.07) is 14.7. The first-order chi connectivity index (χ1) is 12.6. The summed E-state index contributed by atoms with van der Waals surface area (Å²) in [7, 11) is 0. The molecule has 1 aliphatic heterocycles. The molecule has 4 heteroatoms. The van der Waals surface area contributed by atoms with Gasteiger partial charge in [-0.15, -0.1) is 0 Å². The molecule has 2 unspecified atom stereocenters. The van der Waals surface area contributed by atoms with Crippen molar-refractivity contribution < 1.29 is 4.74 Å². The SMILES string of the molecule is CC.CC(COc1cccc(N)c1N)C(C)N1CCc2ccccc2C1. The summed E-state index contributed by atoms with van der Waals surface area (Å²) in [4.78, 5) is 2.54. The molecular weight excluding hydrogens is 322 g/mol. The summed E-state index contributed by atoms with van der Waals surface area (Å²) in [6.07, 6.45) is 1.12. The van der Waals surface area contributed by atoms with Crippen molar-refractivity contribution in [2.75, 3.05) is 24.6 Å². The van der Waals surface area contributed by atoms with Crippen molar-refractivity contribution in [3.63, 3.8) is 0 Å². The monoisotopic (exact) mass is 355 g/mol. The number of nitrogens with two attached hydrogens (primary N) is 2. The Labute approximate surface area is 158 Å². The maximum absolute atomic E-state index is 5.98. The highest BCUT2D eigenvalue weighted by Crippen LogP contribution is 2.28. The van der Waals surface area contributed by atoms with Crippen molar-refractivity contribution in [1.82, 2.24) is 4.90 Å². The molecule has 0 fully saturated rings. The minimum absolute atomic E-state index is 0.399. The molecule has 0 aromatic heterocycles. The first-order valence-corrected chi connectivity index (χ1v) is 9.64. The number of ether oxygens (including phenoxy) is 1. The van der Waals surface area contributed by atoms with E-state index in [9.17, 15) is 0 Å². The molecule has 4 nitrogen and oxygen atoms in total. The van der Waals surface area contributed by atoms with Crippen molar-refractivity contribution in [3.05, 3.63) is 53.6 Å². The van der Waals surface area contributed by atoms with Gasteiger partial charge < -0.3 is 16.2 Å². The first-order valence-electron chi connectivity index (χ1n) is 9.64. The van der Waals surface area contributed by atoms with Gasteiger partial charge >= 0.3 is 0 Å². The van der Waals surface area contributed by atoms with E-state index in [1.165, 1.54) is 11.1 Å². The van der Waals surface area contributed by atoms with E-state index < -0.39 is 0 Å². The molecule has 0 saturated heterocycles. The van der Waals surface area contributed by atoms with Crippen LogP contribution in [0.1, 0.15) is 38.8 Å². The van der Waals surface area contributed by atoms with Crippen molar-refractivity contribution in [2.45, 2.75) is 46.7 Å². The quantitative estimate of drug-likeness (QED) is 0.783. The van der Waals surface area contributed by atoms with Crippen LogP contribution in [0.5, 0.6) is 5.75 Å². The van der Waals surface area contributed by atoms with Gasteiger partial charge in [0.25, 0.3) is 0 Å². The average molecular weight is 356 g/mol. The zero-order valence-electron chi connectivity index (χ0n) is 16.5. The molecule has 1 heterocycles. The van der Waals surface area contributed by atoms with Crippen molar-refractivity contribution in [3.8, 4) is 5.75 Å². The molecule has 0 spiro atoms. The minimum atomic E-state index is 0.399. The summed E-state index contributed by atoms with van der Waals surface area (Å²) in [5.41, 5.74) is 15.8. The molecule has 1 aliphatic rings. The standard InChI is InChI=1S/C20H27N3O.C2H6/c1-14(13-24-19-9-5-8-18(21)20(19)22)15(2)23-11-10-16-6-3-4-7-17(16)12-23;1-2/h3-9,14-15H,10-13,21-22H2,1-2H3;1-2H3. The Morgan fingerprint density at radius 3 is 2.42 bits per heavy atom. The molecule has 142 valence electrons. The number of nitrogen functional groups attached to an aromatic ring is 2. The lowest BCUT2D eigenvalue weighted by Crippen LogP contribution is -2.42. The highest BCUT2D eigenvalue weighted by atomic mass is 16.5. The molecular formula is C22H33N3O. The van der Waals surface area contributed by atoms with E-state index in [0.717, 1.165) is 19.5 Å². The number of hydrogen-bond acceptors (Lipinski definition) is 4. The average Bonchev–Trinajstić information content (AvgIpc) is 2.69. The van der Waals surface area contributed by atoms with Crippen LogP contribution in [0.25, 0.3) is 0 Å². The van der Waals surface area contributed by atoms with Gasteiger partial charge in [0.05, 0.1) is 18.0 Å². The van der Waals surface area contributed by atoms with E-state index in [0.29, 0.717) is 35.7 Å². The Morgan fingerprint density at radius 2 is 1.69 bits per heavy atom. The van der Waals surface area contributed by atoms with Gasteiger partial charge in [0, 0.05) is 25.0 Å². The van der Waals surface area contributed by atoms with Crippen LogP contribution in [0, 0.1) is 5.92 Å². The summed E-state index contributed by atoms with van der Waals surface area (Å²) in [5, 5.41) is 0. The second kappa shape index (κ2) is 9.48. The second-order valence-electron chi connectivity index (χ2n) is 6.78. The molecule has 0 aliphatic carbocycles. The molecule has 2 aromatic rings. The second-order valence-corrected chi connectivity index (χ2v) is 6.78. The molecule has 3 rings (SSSR count). The van der Waals surface area contributed by atoms with E-state index in [-0.39, 0.29) is 0 Å². The van der Waals surface area contributed by atoms with Crippen LogP contribution in [0.2, 0.25) is 0 Å². The number of anilines is 2. The maximum Gasteiger partial charge on any atom is 0.144 e. The summed E-state index contributed by atoms with van der Waals surface area (Å²) >= 11 is 0. The van der Waals surface area contributed by atoms with E-state index in [1.807, 2.05) is 26.0 Å². The van der Waals surface area contributed by atoms with Gasteiger partial charge in [-0.2, -0.15) is 0 Å². The van der Waals surface area contributed by atoms with E-state index in [4.69, 9.17) is 16.2 Å². The summed E-state index contributed by atoms with van der Waals surface area (Å²) < 4.78 is 5.93. The van der Waals surface area contributed by atoms with Gasteiger partial charge in [0.15, 0.2) is 0 Å². The normalized spacial score (nSPS) is 16.0. The number of hydrogen-bond donors (Lipinski definition) is 2. The van der Waals surface area contributed by atoms with Crippen molar-refractivity contribution >= 4 is 11.4 Å². The Hall–Kier alpha value is -2.20. The van der Waals surface area contributed by atoms with E-state index in [2.05, 4.69) is 43.0 Å². The molecule has 2 atom stereocenters. The van der Waals surface area contributed by atoms with Gasteiger partial charge in [-0.3, -0.25) is 4.90 Å². The number of nitrogens with zero attached hydrogens (tertiary/aromatic N) is 1. The fourth-order valence-electron chi connectivity index (χ4n) is 3.27. The van der Waals surface area contributed by atoms with Crippen LogP contribution in [0.15, 0.2) is 42.5 Å². The number of rotatable bonds is 5. The van der Waals surface area contributed by atoms with E-state index in [1.54, 1.807) is 6.07 Å². The highest BCUT2D eigenvalue weighted by Gasteiger charge is 2.24. The Morgan fingerprint density at radius 1 is 1.00 bits per heavy atom. The largest absolute Gasteiger partial charge is 0.491 e. The Bertz CT molecular complexity index is 702. The fraction of sp³-hybridized carbons (Fsp3) is 0.455. The third-order valence-corrected chi connectivity index (χ3v) is 5.16. The maximum atomic E-state index is 5.98. The minimum Gasteiger partial charge on any atom is -0.491 e. The molecule has 0 bridgehead atoms. The van der Waals surface area contributed by atoms with Crippen LogP contribution in [-0.2, 0) is 13.0 Å². The molecule has 0 saturated carbocycles. The lowest BCUT2D eigenvalue weighted by Gasteiger charge is -2.36. The number of benzene rings is 2. The number of fused-ring (bicyclic) bond motifs is 1. The third-order valence-electron chi connectivity index (χ3n) is 5.16. The van der Waals surface area contributed by atoms with Crippen molar-refractivity contribution in [2.24, 2.45) is 5.92 Å². The predicted molar refractivity (Wildman–Crippen MR) is 111 cm³/mol. The van der Waals surface area contributed by atoms with Gasteiger partial charge in [-0.1, -0.05) is 51.1 Å². The molecule has 0 radical (unpaired) electrons. The lowest BCUT2D eigenvalue weighted by atomic mass is 9.95. The van der Waals surface area contributed by atoms with Gasteiger partial charge in [-0.05, 0) is 36.6 Å². The smallest absolute Gasteiger partial charge is 0.144 e. The van der Waals surface area contributed by atoms with E-state index >= 15 is 0 Å². The Balaban J connectivity index is 0.00000117. The van der Waals surface area contributed by atoms with Crippen molar-refractivity contribution in [1.29, 1.82) is 0 Å². The molecule has 26 heavy (non-hydrogen) atoms. The molecule has 0 amide bonds. The number of para-hydroxylation sites is 1. The molecule has 2 aromatic carbocycles. The van der Waals surface area contributed by atoms with Crippen LogP contribution < -0.4 is 16.2 Å². The first kappa shape index (κ1) is 20.1. The topological polar surface area (TPSA) is 64.5 Å².